The van der Waals surface area contributed by atoms with Gasteiger partial charge in [-0.1, -0.05) is 0 Å². The molecule has 0 aromatic carbocycles. The molecular formula is C6H15NO4S. The molecule has 6 heteroatoms. The second kappa shape index (κ2) is 5.47. The van der Waals surface area contributed by atoms with Crippen LogP contribution in [0.2, 0.25) is 0 Å². The van der Waals surface area contributed by atoms with Gasteiger partial charge in [0.25, 0.3) is 0 Å². The molecule has 0 saturated heterocycles. The number of aliphatic hydroxyl groups excluding tert-OH is 1. The molecule has 0 heterocycles. The zero-order valence-corrected chi connectivity index (χ0v) is 8.10. The van der Waals surface area contributed by atoms with Crippen molar-refractivity contribution in [1.82, 2.24) is 4.72 Å². The number of nitrogens with one attached hydrogen (secondary N) is 1. The van der Waals surface area contributed by atoms with Crippen LogP contribution in [0.5, 0.6) is 0 Å². The summed E-state index contributed by atoms with van der Waals surface area (Å²) in [7, 11) is -1.84. The highest BCUT2D eigenvalue weighted by molar-refractivity contribution is 7.89. The van der Waals surface area contributed by atoms with Gasteiger partial charge >= 0.3 is 0 Å². The Morgan fingerprint density at radius 3 is 2.58 bits per heavy atom. The molecular weight excluding hydrogens is 182 g/mol. The average molecular weight is 197 g/mol. The van der Waals surface area contributed by atoms with E-state index in [0.717, 1.165) is 0 Å². The molecule has 5 nitrogen and oxygen atoms in total. The number of methoxy groups -OCH3 is 1. The third kappa shape index (κ3) is 6.53. The summed E-state index contributed by atoms with van der Waals surface area (Å²) in [4.78, 5) is 0. The van der Waals surface area contributed by atoms with Crippen molar-refractivity contribution in [2.75, 3.05) is 26.0 Å². The van der Waals surface area contributed by atoms with E-state index in [1.165, 1.54) is 14.0 Å². The molecule has 74 valence electrons. The summed E-state index contributed by atoms with van der Waals surface area (Å²) in [6.45, 7) is 1.72. The molecule has 0 aromatic heterocycles. The van der Waals surface area contributed by atoms with E-state index in [2.05, 4.69) is 9.46 Å². The molecule has 1 atom stereocenters. The van der Waals surface area contributed by atoms with Gasteiger partial charge < -0.3 is 9.84 Å². The van der Waals surface area contributed by atoms with Crippen molar-refractivity contribution in [3.8, 4) is 0 Å². The Bertz CT molecular complexity index is 200. The molecule has 0 amide bonds. The number of rotatable bonds is 6. The van der Waals surface area contributed by atoms with Crippen molar-refractivity contribution in [3.63, 3.8) is 0 Å². The van der Waals surface area contributed by atoms with Gasteiger partial charge in [-0.05, 0) is 6.92 Å². The van der Waals surface area contributed by atoms with E-state index in [1.807, 2.05) is 0 Å². The van der Waals surface area contributed by atoms with E-state index >= 15 is 0 Å². The van der Waals surface area contributed by atoms with Crippen LogP contribution in [0.15, 0.2) is 0 Å². The number of ether oxygens (including phenoxy) is 1. The van der Waals surface area contributed by atoms with Gasteiger partial charge in [-0.15, -0.1) is 0 Å². The molecule has 0 saturated carbocycles. The fraction of sp³-hybridized carbons (Fsp3) is 1.00. The molecule has 0 aliphatic rings. The van der Waals surface area contributed by atoms with Crippen molar-refractivity contribution in [2.45, 2.75) is 13.0 Å². The number of hydrogen-bond acceptors (Lipinski definition) is 4. The minimum atomic E-state index is -3.27. The van der Waals surface area contributed by atoms with Crippen LogP contribution in [0.3, 0.4) is 0 Å². The largest absolute Gasteiger partial charge is 0.392 e. The zero-order chi connectivity index (χ0) is 9.61. The lowest BCUT2D eigenvalue weighted by Crippen LogP contribution is -2.33. The monoisotopic (exact) mass is 197 g/mol. The van der Waals surface area contributed by atoms with Crippen LogP contribution < -0.4 is 4.72 Å². The van der Waals surface area contributed by atoms with E-state index in [0.29, 0.717) is 0 Å². The zero-order valence-electron chi connectivity index (χ0n) is 7.28. The fourth-order valence-electron chi connectivity index (χ4n) is 0.513. The molecule has 0 aliphatic carbocycles. The third-order valence-electron chi connectivity index (χ3n) is 1.15. The molecule has 0 bridgehead atoms. The van der Waals surface area contributed by atoms with Gasteiger partial charge in [0.1, 0.15) is 0 Å². The summed E-state index contributed by atoms with van der Waals surface area (Å²) in [6, 6.07) is 0. The van der Waals surface area contributed by atoms with Gasteiger partial charge in [0.15, 0.2) is 0 Å². The van der Waals surface area contributed by atoms with Crippen LogP contribution in [0.25, 0.3) is 0 Å². The predicted octanol–water partition coefficient (Wildman–Crippen LogP) is -1.07. The van der Waals surface area contributed by atoms with Gasteiger partial charge in [-0.3, -0.25) is 0 Å². The predicted molar refractivity (Wildman–Crippen MR) is 45.3 cm³/mol. The first-order valence-electron chi connectivity index (χ1n) is 3.62. The van der Waals surface area contributed by atoms with Gasteiger partial charge in [0.2, 0.25) is 10.0 Å². The lowest BCUT2D eigenvalue weighted by Gasteiger charge is -2.07. The highest BCUT2D eigenvalue weighted by atomic mass is 32.2. The van der Waals surface area contributed by atoms with E-state index in [4.69, 9.17) is 5.11 Å². The Hall–Kier alpha value is -0.170. The molecule has 12 heavy (non-hydrogen) atoms. The molecule has 0 radical (unpaired) electrons. The first-order valence-corrected chi connectivity index (χ1v) is 5.27. The Balaban J connectivity index is 3.73. The minimum Gasteiger partial charge on any atom is -0.392 e. The van der Waals surface area contributed by atoms with Crippen molar-refractivity contribution in [3.05, 3.63) is 0 Å². The Kier molecular flexibility index (Phi) is 5.39. The second-order valence-corrected chi connectivity index (χ2v) is 4.44. The Morgan fingerprint density at radius 2 is 2.17 bits per heavy atom. The summed E-state index contributed by atoms with van der Waals surface area (Å²) in [5.41, 5.74) is 0. The molecule has 0 aromatic rings. The molecule has 0 spiro atoms. The molecule has 2 N–H and O–H groups in total. The van der Waals surface area contributed by atoms with E-state index in [-0.39, 0.29) is 18.9 Å². The fourth-order valence-corrected chi connectivity index (χ4v) is 1.54. The van der Waals surface area contributed by atoms with Crippen molar-refractivity contribution in [1.29, 1.82) is 0 Å². The number of aliphatic hydroxyl groups is 1. The SMILES string of the molecule is COCCS(=O)(=O)NCC(C)O. The lowest BCUT2D eigenvalue weighted by atomic mass is 10.4. The van der Waals surface area contributed by atoms with E-state index in [9.17, 15) is 8.42 Å². The van der Waals surface area contributed by atoms with Gasteiger partial charge in [-0.25, -0.2) is 13.1 Å². The summed E-state index contributed by atoms with van der Waals surface area (Å²) >= 11 is 0. The highest BCUT2D eigenvalue weighted by Gasteiger charge is 2.09. The van der Waals surface area contributed by atoms with Gasteiger partial charge in [0, 0.05) is 13.7 Å². The maximum Gasteiger partial charge on any atom is 0.213 e. The summed E-state index contributed by atoms with van der Waals surface area (Å²) in [5.74, 6) is -0.0732. The standard InChI is InChI=1S/C6H15NO4S/c1-6(8)5-7-12(9,10)4-3-11-2/h6-8H,3-5H2,1-2H3. The quantitative estimate of drug-likeness (QED) is 0.568. The number of hydrogen-bond donors (Lipinski definition) is 2. The normalized spacial score (nSPS) is 14.6. The first-order chi connectivity index (χ1) is 5.48. The summed E-state index contributed by atoms with van der Waals surface area (Å²) < 4.78 is 28.8. The molecule has 0 fully saturated rings. The summed E-state index contributed by atoms with van der Waals surface area (Å²) in [6.07, 6.45) is -0.665. The Labute approximate surface area is 72.8 Å². The molecule has 0 rings (SSSR count). The smallest absolute Gasteiger partial charge is 0.213 e. The Morgan fingerprint density at radius 1 is 1.58 bits per heavy atom. The van der Waals surface area contributed by atoms with Crippen LogP contribution in [0, 0.1) is 0 Å². The second-order valence-electron chi connectivity index (χ2n) is 2.51. The van der Waals surface area contributed by atoms with E-state index in [1.54, 1.807) is 0 Å². The maximum absolute atomic E-state index is 11.0. The van der Waals surface area contributed by atoms with Crippen LogP contribution in [0.1, 0.15) is 6.92 Å². The highest BCUT2D eigenvalue weighted by Crippen LogP contribution is 1.85. The first kappa shape index (κ1) is 11.8. The van der Waals surface area contributed by atoms with Crippen LogP contribution in [0.4, 0.5) is 0 Å². The maximum atomic E-state index is 11.0. The minimum absolute atomic E-state index is 0.0477. The van der Waals surface area contributed by atoms with Crippen molar-refractivity contribution >= 4 is 10.0 Å². The molecule has 0 aliphatic heterocycles. The average Bonchev–Trinajstić information content (AvgIpc) is 1.98. The number of sulfonamides is 1. The van der Waals surface area contributed by atoms with Crippen molar-refractivity contribution < 1.29 is 18.3 Å². The summed E-state index contributed by atoms with van der Waals surface area (Å²) in [5, 5.41) is 8.78. The van der Waals surface area contributed by atoms with Crippen LogP contribution >= 0.6 is 0 Å². The molecule has 1 unspecified atom stereocenters. The van der Waals surface area contributed by atoms with Crippen LogP contribution in [-0.2, 0) is 14.8 Å². The van der Waals surface area contributed by atoms with Crippen LogP contribution in [-0.4, -0.2) is 45.6 Å². The lowest BCUT2D eigenvalue weighted by molar-refractivity contribution is 0.197. The topological polar surface area (TPSA) is 75.6 Å². The van der Waals surface area contributed by atoms with Gasteiger partial charge in [-0.2, -0.15) is 0 Å². The van der Waals surface area contributed by atoms with E-state index < -0.39 is 16.1 Å². The van der Waals surface area contributed by atoms with Gasteiger partial charge in [0.05, 0.1) is 18.5 Å². The third-order valence-corrected chi connectivity index (χ3v) is 2.47. The van der Waals surface area contributed by atoms with Crippen molar-refractivity contribution in [2.24, 2.45) is 0 Å².